The number of benzene rings is 2. The molecular formula is C14H11ClN2O7S. The van der Waals surface area contributed by atoms with Crippen LogP contribution in [0.5, 0.6) is 5.75 Å². The Bertz CT molecular complexity index is 960. The number of nitro benzene ring substituents is 1. The molecule has 0 atom stereocenters. The van der Waals surface area contributed by atoms with Crippen molar-refractivity contribution < 1.29 is 28.0 Å². The van der Waals surface area contributed by atoms with Crippen molar-refractivity contribution in [2.45, 2.75) is 4.90 Å². The van der Waals surface area contributed by atoms with Gasteiger partial charge in [-0.05, 0) is 24.3 Å². The highest BCUT2D eigenvalue weighted by atomic mass is 35.5. The zero-order valence-electron chi connectivity index (χ0n) is 12.6. The van der Waals surface area contributed by atoms with Gasteiger partial charge in [-0.15, -0.1) is 0 Å². The maximum absolute atomic E-state index is 12.4. The number of nitro groups is 1. The molecule has 2 aromatic carbocycles. The van der Waals surface area contributed by atoms with E-state index in [1.807, 2.05) is 0 Å². The van der Waals surface area contributed by atoms with Gasteiger partial charge in [0.15, 0.2) is 0 Å². The number of rotatable bonds is 6. The summed E-state index contributed by atoms with van der Waals surface area (Å²) in [5.41, 5.74) is -0.695. The van der Waals surface area contributed by atoms with E-state index in [1.165, 1.54) is 13.2 Å². The molecule has 2 aromatic rings. The Morgan fingerprint density at radius 2 is 1.96 bits per heavy atom. The van der Waals surface area contributed by atoms with Gasteiger partial charge in [0.25, 0.3) is 15.7 Å². The lowest BCUT2D eigenvalue weighted by Crippen LogP contribution is -2.14. The van der Waals surface area contributed by atoms with Crippen LogP contribution in [0.2, 0.25) is 5.02 Å². The van der Waals surface area contributed by atoms with E-state index in [4.69, 9.17) is 21.4 Å². The summed E-state index contributed by atoms with van der Waals surface area (Å²) in [4.78, 5) is 20.8. The zero-order valence-corrected chi connectivity index (χ0v) is 14.2. The summed E-state index contributed by atoms with van der Waals surface area (Å²) >= 11 is 5.72. The number of halogens is 1. The lowest BCUT2D eigenvalue weighted by molar-refractivity contribution is -0.384. The molecule has 0 amide bonds. The highest BCUT2D eigenvalue weighted by molar-refractivity contribution is 7.92. The number of ether oxygens (including phenoxy) is 1. The molecule has 11 heteroatoms. The molecule has 0 spiro atoms. The van der Waals surface area contributed by atoms with Crippen molar-refractivity contribution in [1.29, 1.82) is 0 Å². The molecule has 0 bridgehead atoms. The number of aromatic carboxylic acids is 1. The number of carboxylic acid groups (broad SMARTS) is 1. The molecule has 0 heterocycles. The van der Waals surface area contributed by atoms with Crippen molar-refractivity contribution in [3.63, 3.8) is 0 Å². The van der Waals surface area contributed by atoms with Gasteiger partial charge in [-0.25, -0.2) is 13.2 Å². The van der Waals surface area contributed by atoms with Crippen molar-refractivity contribution >= 4 is 39.0 Å². The molecular weight excluding hydrogens is 376 g/mol. The summed E-state index contributed by atoms with van der Waals surface area (Å²) in [6, 6.07) is 6.52. The predicted molar refractivity (Wildman–Crippen MR) is 88.9 cm³/mol. The molecule has 9 nitrogen and oxygen atoms in total. The van der Waals surface area contributed by atoms with Crippen LogP contribution in [-0.4, -0.2) is 31.5 Å². The van der Waals surface area contributed by atoms with Gasteiger partial charge in [0.1, 0.15) is 5.75 Å². The third-order valence-corrected chi connectivity index (χ3v) is 4.81. The molecule has 0 saturated heterocycles. The summed E-state index contributed by atoms with van der Waals surface area (Å²) in [5, 5.41) is 19.7. The van der Waals surface area contributed by atoms with E-state index in [1.54, 1.807) is 0 Å². The second-order valence-corrected chi connectivity index (χ2v) is 6.78. The monoisotopic (exact) mass is 386 g/mol. The van der Waals surface area contributed by atoms with Crippen molar-refractivity contribution in [3.8, 4) is 5.75 Å². The topological polar surface area (TPSA) is 136 Å². The first-order valence-corrected chi connectivity index (χ1v) is 8.40. The van der Waals surface area contributed by atoms with E-state index in [2.05, 4.69) is 4.72 Å². The molecule has 0 aliphatic heterocycles. The van der Waals surface area contributed by atoms with Crippen LogP contribution in [0.1, 0.15) is 10.4 Å². The largest absolute Gasteiger partial charge is 0.494 e. The summed E-state index contributed by atoms with van der Waals surface area (Å²) in [6.45, 7) is 0. The van der Waals surface area contributed by atoms with Gasteiger partial charge < -0.3 is 9.84 Å². The lowest BCUT2D eigenvalue weighted by atomic mass is 10.2. The van der Waals surface area contributed by atoms with Crippen LogP contribution >= 0.6 is 11.6 Å². The minimum absolute atomic E-state index is 0.0417. The highest BCUT2D eigenvalue weighted by Crippen LogP contribution is 2.31. The Morgan fingerprint density at radius 1 is 1.28 bits per heavy atom. The minimum atomic E-state index is -4.17. The lowest BCUT2D eigenvalue weighted by Gasteiger charge is -2.12. The van der Waals surface area contributed by atoms with Crippen LogP contribution in [0, 0.1) is 10.1 Å². The van der Waals surface area contributed by atoms with Crippen molar-refractivity contribution in [2.75, 3.05) is 11.8 Å². The van der Waals surface area contributed by atoms with E-state index in [9.17, 15) is 23.3 Å². The van der Waals surface area contributed by atoms with E-state index >= 15 is 0 Å². The Balaban J connectivity index is 2.44. The molecule has 2 rings (SSSR count). The van der Waals surface area contributed by atoms with Crippen LogP contribution in [0.4, 0.5) is 11.4 Å². The Labute approximate surface area is 147 Å². The molecule has 132 valence electrons. The normalized spacial score (nSPS) is 11.0. The maximum atomic E-state index is 12.4. The fourth-order valence-electron chi connectivity index (χ4n) is 1.92. The molecule has 0 saturated carbocycles. The van der Waals surface area contributed by atoms with Crippen LogP contribution in [0.15, 0.2) is 41.3 Å². The Morgan fingerprint density at radius 3 is 2.52 bits per heavy atom. The number of hydrogen-bond donors (Lipinski definition) is 2. The molecule has 0 aromatic heterocycles. The van der Waals surface area contributed by atoms with Gasteiger partial charge in [-0.2, -0.15) is 0 Å². The summed E-state index contributed by atoms with van der Waals surface area (Å²) in [7, 11) is -2.95. The second-order valence-electron chi connectivity index (χ2n) is 4.69. The number of nitrogens with zero attached hydrogens (tertiary/aromatic N) is 1. The first-order valence-electron chi connectivity index (χ1n) is 6.54. The third-order valence-electron chi connectivity index (χ3n) is 3.12. The molecule has 0 unspecified atom stereocenters. The summed E-state index contributed by atoms with van der Waals surface area (Å²) in [5.74, 6) is -1.44. The van der Waals surface area contributed by atoms with Gasteiger partial charge in [0, 0.05) is 6.07 Å². The molecule has 0 radical (unpaired) electrons. The standard InChI is InChI=1S/C14H11ClN2O7S/c1-24-13-6-8(17(20)21)2-5-12(13)16-25(22,23)9-3-4-11(15)10(7-9)14(18)19/h2-7,16H,1H3,(H,18,19). The van der Waals surface area contributed by atoms with Crippen LogP contribution in [0.25, 0.3) is 0 Å². The predicted octanol–water partition coefficient (Wildman–Crippen LogP) is 2.76. The number of sulfonamides is 1. The number of non-ortho nitro benzene ring substituents is 1. The number of anilines is 1. The van der Waals surface area contributed by atoms with Crippen LogP contribution < -0.4 is 9.46 Å². The van der Waals surface area contributed by atoms with Gasteiger partial charge in [-0.1, -0.05) is 11.6 Å². The van der Waals surface area contributed by atoms with E-state index in [0.29, 0.717) is 0 Å². The first-order chi connectivity index (χ1) is 11.7. The van der Waals surface area contributed by atoms with E-state index in [-0.39, 0.29) is 32.6 Å². The maximum Gasteiger partial charge on any atom is 0.337 e. The van der Waals surface area contributed by atoms with Crippen molar-refractivity contribution in [1.82, 2.24) is 0 Å². The summed E-state index contributed by atoms with van der Waals surface area (Å²) < 4.78 is 32.0. The fraction of sp³-hybridized carbons (Fsp3) is 0.0714. The van der Waals surface area contributed by atoms with Crippen molar-refractivity contribution in [2.24, 2.45) is 0 Å². The first kappa shape index (κ1) is 18.5. The van der Waals surface area contributed by atoms with Crippen LogP contribution in [-0.2, 0) is 10.0 Å². The number of hydrogen-bond acceptors (Lipinski definition) is 6. The molecule has 2 N–H and O–H groups in total. The van der Waals surface area contributed by atoms with Gasteiger partial charge in [0.2, 0.25) is 0 Å². The highest BCUT2D eigenvalue weighted by Gasteiger charge is 2.21. The number of nitrogens with one attached hydrogen (secondary N) is 1. The number of carboxylic acids is 1. The third kappa shape index (κ3) is 3.98. The van der Waals surface area contributed by atoms with Crippen LogP contribution in [0.3, 0.4) is 0 Å². The fourth-order valence-corrected chi connectivity index (χ4v) is 3.21. The van der Waals surface area contributed by atoms with E-state index in [0.717, 1.165) is 30.3 Å². The minimum Gasteiger partial charge on any atom is -0.494 e. The average molecular weight is 387 g/mol. The molecule has 0 fully saturated rings. The number of carbonyl (C=O) groups is 1. The van der Waals surface area contributed by atoms with Crippen molar-refractivity contribution in [3.05, 3.63) is 57.1 Å². The average Bonchev–Trinajstić information content (AvgIpc) is 2.54. The molecule has 0 aliphatic rings. The van der Waals surface area contributed by atoms with Gasteiger partial charge >= 0.3 is 5.97 Å². The Kier molecular flexibility index (Phi) is 5.14. The molecule has 0 aliphatic carbocycles. The Hall–Kier alpha value is -2.85. The smallest absolute Gasteiger partial charge is 0.337 e. The quantitative estimate of drug-likeness (QED) is 0.575. The SMILES string of the molecule is COc1cc([N+](=O)[O-])ccc1NS(=O)(=O)c1ccc(Cl)c(C(=O)O)c1. The second kappa shape index (κ2) is 6.95. The van der Waals surface area contributed by atoms with Gasteiger partial charge in [0.05, 0.1) is 39.3 Å². The van der Waals surface area contributed by atoms with Gasteiger partial charge in [-0.3, -0.25) is 14.8 Å². The zero-order chi connectivity index (χ0) is 18.8. The number of methoxy groups -OCH3 is 1. The molecule has 25 heavy (non-hydrogen) atoms. The summed E-state index contributed by atoms with van der Waals surface area (Å²) in [6.07, 6.45) is 0. The van der Waals surface area contributed by atoms with E-state index < -0.39 is 20.9 Å².